The van der Waals surface area contributed by atoms with Gasteiger partial charge in [0.2, 0.25) is 0 Å². The third kappa shape index (κ3) is 2.02. The Balaban J connectivity index is 2.18. The van der Waals surface area contributed by atoms with E-state index in [9.17, 15) is 4.79 Å². The molecule has 0 atom stereocenters. The van der Waals surface area contributed by atoms with Gasteiger partial charge in [0.15, 0.2) is 5.82 Å². The van der Waals surface area contributed by atoms with E-state index in [4.69, 9.17) is 11.5 Å². The average Bonchev–Trinajstić information content (AvgIpc) is 2.96. The number of amides is 1. The molecule has 4 N–H and O–H groups in total. The highest BCUT2D eigenvalue weighted by atomic mass is 16.1. The van der Waals surface area contributed by atoms with Crippen molar-refractivity contribution in [2.75, 3.05) is 0 Å². The summed E-state index contributed by atoms with van der Waals surface area (Å²) < 4.78 is 1.52. The van der Waals surface area contributed by atoms with Crippen LogP contribution in [0.1, 0.15) is 16.1 Å². The predicted octanol–water partition coefficient (Wildman–Crippen LogP) is 0.978. The summed E-state index contributed by atoms with van der Waals surface area (Å²) in [5.74, 6) is 0.0419. The molecule has 0 radical (unpaired) electrons. The molecule has 0 bridgehead atoms. The first-order valence-corrected chi connectivity index (χ1v) is 6.13. The van der Waals surface area contributed by atoms with Gasteiger partial charge in [0.1, 0.15) is 5.69 Å². The molecule has 0 saturated carbocycles. The molecule has 0 fully saturated rings. The van der Waals surface area contributed by atoms with Gasteiger partial charge < -0.3 is 11.5 Å². The van der Waals surface area contributed by atoms with Crippen LogP contribution in [0, 0.1) is 0 Å². The lowest BCUT2D eigenvalue weighted by Crippen LogP contribution is -2.12. The fourth-order valence-corrected chi connectivity index (χ4v) is 2.10. The minimum atomic E-state index is -0.566. The van der Waals surface area contributed by atoms with Gasteiger partial charge in [-0.15, -0.1) is 0 Å². The minimum absolute atomic E-state index is 0.203. The van der Waals surface area contributed by atoms with E-state index in [1.165, 1.54) is 4.68 Å². The zero-order chi connectivity index (χ0) is 14.1. The monoisotopic (exact) mass is 267 g/mol. The van der Waals surface area contributed by atoms with Gasteiger partial charge >= 0.3 is 0 Å². The van der Waals surface area contributed by atoms with E-state index in [2.05, 4.69) is 10.1 Å². The summed E-state index contributed by atoms with van der Waals surface area (Å²) in [5.41, 5.74) is 13.0. The maximum Gasteiger partial charge on any atom is 0.269 e. The molecule has 1 amide bonds. The van der Waals surface area contributed by atoms with Gasteiger partial charge in [-0.3, -0.25) is 4.79 Å². The van der Waals surface area contributed by atoms with Crippen molar-refractivity contribution >= 4 is 16.8 Å². The fraction of sp³-hybridized carbons (Fsp3) is 0.0714. The Bertz CT molecular complexity index is 793. The molecule has 100 valence electrons. The second kappa shape index (κ2) is 4.75. The third-order valence-electron chi connectivity index (χ3n) is 3.08. The number of benzene rings is 1. The smallest absolute Gasteiger partial charge is 0.269 e. The molecule has 3 aromatic rings. The van der Waals surface area contributed by atoms with Crippen LogP contribution in [-0.4, -0.2) is 20.7 Å². The normalized spacial score (nSPS) is 10.8. The zero-order valence-electron chi connectivity index (χ0n) is 10.7. The van der Waals surface area contributed by atoms with Gasteiger partial charge in [-0.2, -0.15) is 5.10 Å². The fourth-order valence-electron chi connectivity index (χ4n) is 2.10. The van der Waals surface area contributed by atoms with Crippen LogP contribution in [0.4, 0.5) is 0 Å². The highest BCUT2D eigenvalue weighted by Gasteiger charge is 2.09. The van der Waals surface area contributed by atoms with Crippen LogP contribution in [0.3, 0.4) is 0 Å². The second-order valence-electron chi connectivity index (χ2n) is 4.37. The van der Waals surface area contributed by atoms with Gasteiger partial charge in [-0.1, -0.05) is 18.2 Å². The predicted molar refractivity (Wildman–Crippen MR) is 75.3 cm³/mol. The van der Waals surface area contributed by atoms with Crippen molar-refractivity contribution in [3.05, 3.63) is 53.9 Å². The number of carbonyl (C=O) groups is 1. The molecule has 0 unspecified atom stereocenters. The summed E-state index contributed by atoms with van der Waals surface area (Å²) >= 11 is 0. The van der Waals surface area contributed by atoms with E-state index in [-0.39, 0.29) is 5.69 Å². The molecule has 0 aliphatic rings. The van der Waals surface area contributed by atoms with Gasteiger partial charge in [0.25, 0.3) is 5.91 Å². The van der Waals surface area contributed by atoms with Crippen molar-refractivity contribution in [2.24, 2.45) is 11.5 Å². The van der Waals surface area contributed by atoms with Crippen molar-refractivity contribution in [1.29, 1.82) is 0 Å². The lowest BCUT2D eigenvalue weighted by molar-refractivity contribution is 0.0995. The highest BCUT2D eigenvalue weighted by Crippen LogP contribution is 2.19. The number of para-hydroxylation sites is 1. The van der Waals surface area contributed by atoms with Crippen LogP contribution in [0.5, 0.6) is 0 Å². The van der Waals surface area contributed by atoms with Crippen molar-refractivity contribution in [3.8, 4) is 5.82 Å². The Kier molecular flexibility index (Phi) is 2.92. The average molecular weight is 267 g/mol. The largest absolute Gasteiger partial charge is 0.364 e. The quantitative estimate of drug-likeness (QED) is 0.738. The molecule has 20 heavy (non-hydrogen) atoms. The molecule has 2 heterocycles. The molecule has 0 aliphatic carbocycles. The zero-order valence-corrected chi connectivity index (χ0v) is 10.7. The lowest BCUT2D eigenvalue weighted by atomic mass is 10.1. The summed E-state index contributed by atoms with van der Waals surface area (Å²) in [6.07, 6.45) is 1.65. The van der Waals surface area contributed by atoms with E-state index < -0.39 is 5.91 Å². The van der Waals surface area contributed by atoms with Crippen LogP contribution in [0.25, 0.3) is 16.7 Å². The number of fused-ring (bicyclic) bond motifs is 1. The molecule has 2 aromatic heterocycles. The van der Waals surface area contributed by atoms with E-state index in [0.717, 1.165) is 16.5 Å². The van der Waals surface area contributed by atoms with E-state index >= 15 is 0 Å². The number of nitrogens with two attached hydrogens (primary N) is 2. The third-order valence-corrected chi connectivity index (χ3v) is 3.08. The van der Waals surface area contributed by atoms with E-state index in [1.807, 2.05) is 30.3 Å². The van der Waals surface area contributed by atoms with E-state index in [0.29, 0.717) is 12.4 Å². The van der Waals surface area contributed by atoms with Crippen molar-refractivity contribution in [3.63, 3.8) is 0 Å². The van der Waals surface area contributed by atoms with Gasteiger partial charge in [-0.05, 0) is 23.8 Å². The number of carbonyl (C=O) groups excluding carboxylic acids is 1. The first-order valence-electron chi connectivity index (χ1n) is 6.13. The van der Waals surface area contributed by atoms with Crippen LogP contribution < -0.4 is 11.5 Å². The van der Waals surface area contributed by atoms with Crippen LogP contribution in [-0.2, 0) is 6.54 Å². The standard InChI is InChI=1S/C14H13N5O/c15-8-9-7-13(17-11-4-2-1-3-10(9)11)19-6-5-12(18-19)14(16)20/h1-7H,8,15H2,(H2,16,20). The summed E-state index contributed by atoms with van der Waals surface area (Å²) in [7, 11) is 0. The molecule has 6 heteroatoms. The maximum atomic E-state index is 11.1. The second-order valence-corrected chi connectivity index (χ2v) is 4.37. The highest BCUT2D eigenvalue weighted by molar-refractivity contribution is 5.90. The number of hydrogen-bond donors (Lipinski definition) is 2. The summed E-state index contributed by atoms with van der Waals surface area (Å²) in [6.45, 7) is 0.403. The number of hydrogen-bond acceptors (Lipinski definition) is 4. The van der Waals surface area contributed by atoms with E-state index in [1.54, 1.807) is 12.3 Å². The van der Waals surface area contributed by atoms with Crippen LogP contribution in [0.2, 0.25) is 0 Å². The number of primary amides is 1. The Morgan fingerprint density at radius 2 is 2.05 bits per heavy atom. The van der Waals surface area contributed by atoms with Crippen molar-refractivity contribution in [2.45, 2.75) is 6.54 Å². The van der Waals surface area contributed by atoms with Crippen LogP contribution >= 0.6 is 0 Å². The molecule has 0 saturated heterocycles. The first kappa shape index (κ1) is 12.3. The maximum absolute atomic E-state index is 11.1. The molecule has 1 aromatic carbocycles. The topological polar surface area (TPSA) is 99.8 Å². The summed E-state index contributed by atoms with van der Waals surface area (Å²) in [4.78, 5) is 15.6. The van der Waals surface area contributed by atoms with Gasteiger partial charge in [0, 0.05) is 18.1 Å². The summed E-state index contributed by atoms with van der Waals surface area (Å²) in [5, 5.41) is 5.12. The molecule has 0 spiro atoms. The lowest BCUT2D eigenvalue weighted by Gasteiger charge is -2.07. The van der Waals surface area contributed by atoms with Crippen molar-refractivity contribution < 1.29 is 4.79 Å². The number of rotatable bonds is 3. The summed E-state index contributed by atoms with van der Waals surface area (Å²) in [6, 6.07) is 11.2. The van der Waals surface area contributed by atoms with Crippen LogP contribution in [0.15, 0.2) is 42.6 Å². The molecule has 6 nitrogen and oxygen atoms in total. The van der Waals surface area contributed by atoms with Crippen molar-refractivity contribution in [1.82, 2.24) is 14.8 Å². The Morgan fingerprint density at radius 3 is 2.75 bits per heavy atom. The Hall–Kier alpha value is -2.73. The molecule has 0 aliphatic heterocycles. The number of pyridine rings is 1. The van der Waals surface area contributed by atoms with Gasteiger partial charge in [0.05, 0.1) is 5.52 Å². The first-order chi connectivity index (χ1) is 9.69. The molecule has 3 rings (SSSR count). The SMILES string of the molecule is NCc1cc(-n2ccc(C(N)=O)n2)nc2ccccc12. The van der Waals surface area contributed by atoms with Gasteiger partial charge in [-0.25, -0.2) is 9.67 Å². The Labute approximate surface area is 115 Å². The minimum Gasteiger partial charge on any atom is -0.364 e. The molecular formula is C14H13N5O. The number of aromatic nitrogens is 3. The molecular weight excluding hydrogens is 254 g/mol. The number of nitrogens with zero attached hydrogens (tertiary/aromatic N) is 3. The Morgan fingerprint density at radius 1 is 1.25 bits per heavy atom.